The van der Waals surface area contributed by atoms with Crippen LogP contribution < -0.4 is 0 Å². The number of hydrogen-bond donors (Lipinski definition) is 1. The molecule has 0 aliphatic carbocycles. The van der Waals surface area contributed by atoms with Gasteiger partial charge in [0.15, 0.2) is 0 Å². The summed E-state index contributed by atoms with van der Waals surface area (Å²) >= 11 is 0. The number of nitrogens with one attached hydrogen (secondary N) is 1. The molecule has 3 aromatic carbocycles. The number of nitrogens with zero attached hydrogens (tertiary/aromatic N) is 3. The number of fused-ring (bicyclic) bond motifs is 2. The highest BCUT2D eigenvalue weighted by Gasteiger charge is 2.40. The van der Waals surface area contributed by atoms with Gasteiger partial charge in [0.1, 0.15) is 11.4 Å². The lowest BCUT2D eigenvalue weighted by molar-refractivity contribution is 0.0507. The molecule has 0 aliphatic rings. The largest absolute Gasteiger partial charge is 0.461 e. The van der Waals surface area contributed by atoms with Crippen molar-refractivity contribution in [1.82, 2.24) is 8.96 Å². The second-order valence-corrected chi connectivity index (χ2v) is 11.3. The molecular formula is C32H26N4O6S. The molecule has 0 saturated heterocycles. The molecule has 0 spiro atoms. The maximum Gasteiger partial charge on any atom is 0.356 e. The van der Waals surface area contributed by atoms with Gasteiger partial charge >= 0.3 is 11.9 Å². The molecule has 0 aliphatic heterocycles. The Balaban J connectivity index is 1.87. The molecule has 0 radical (unpaired) electrons. The Morgan fingerprint density at radius 3 is 2.00 bits per heavy atom. The van der Waals surface area contributed by atoms with Crippen LogP contribution in [0.15, 0.2) is 83.8 Å². The van der Waals surface area contributed by atoms with E-state index in [1.54, 1.807) is 74.5 Å². The summed E-state index contributed by atoms with van der Waals surface area (Å²) in [6.45, 7) is 3.23. The maximum absolute atomic E-state index is 14.1. The highest BCUT2D eigenvalue weighted by Crippen LogP contribution is 2.44. The van der Waals surface area contributed by atoms with Crippen molar-refractivity contribution in [1.29, 1.82) is 10.5 Å². The summed E-state index contributed by atoms with van der Waals surface area (Å²) < 4.78 is 39.7. The molecule has 5 aromatic rings. The minimum absolute atomic E-state index is 0.00250. The van der Waals surface area contributed by atoms with Crippen molar-refractivity contribution in [2.24, 2.45) is 0 Å². The van der Waals surface area contributed by atoms with Crippen LogP contribution in [-0.2, 0) is 19.5 Å². The average molecular weight is 595 g/mol. The third-order valence-electron chi connectivity index (χ3n) is 7.08. The van der Waals surface area contributed by atoms with Crippen LogP contribution in [0.25, 0.3) is 21.8 Å². The third-order valence-corrected chi connectivity index (χ3v) is 8.81. The van der Waals surface area contributed by atoms with Crippen LogP contribution in [0.4, 0.5) is 0 Å². The summed E-state index contributed by atoms with van der Waals surface area (Å²) in [5.74, 6) is -4.43. The Morgan fingerprint density at radius 2 is 1.35 bits per heavy atom. The van der Waals surface area contributed by atoms with E-state index >= 15 is 0 Å². The SMILES string of the molecule is CCOC(=O)c1[nH]c2ccccc2c1C(C#N)C(C#N)c1c(C(=O)OCC)n(S(=O)(=O)c2ccccc2)c2ccccc12. The molecule has 10 nitrogen and oxygen atoms in total. The molecule has 0 fully saturated rings. The van der Waals surface area contributed by atoms with Gasteiger partial charge in [0, 0.05) is 27.4 Å². The Labute approximate surface area is 247 Å². The summed E-state index contributed by atoms with van der Waals surface area (Å²) in [5.41, 5.74) is 0.482. The molecule has 1 N–H and O–H groups in total. The molecule has 11 heteroatoms. The van der Waals surface area contributed by atoms with Crippen LogP contribution in [0.2, 0.25) is 0 Å². The Hall–Kier alpha value is -5.39. The monoisotopic (exact) mass is 594 g/mol. The number of para-hydroxylation sites is 2. The van der Waals surface area contributed by atoms with Gasteiger partial charge in [-0.2, -0.15) is 10.5 Å². The van der Waals surface area contributed by atoms with Crippen LogP contribution in [0.5, 0.6) is 0 Å². The van der Waals surface area contributed by atoms with E-state index in [0.29, 0.717) is 10.9 Å². The summed E-state index contributed by atoms with van der Waals surface area (Å²) in [7, 11) is -4.39. The number of benzene rings is 3. The lowest BCUT2D eigenvalue weighted by Gasteiger charge is -2.19. The Bertz CT molecular complexity index is 2050. The number of aromatic amines is 1. The van der Waals surface area contributed by atoms with Crippen LogP contribution in [0, 0.1) is 22.7 Å². The van der Waals surface area contributed by atoms with E-state index in [4.69, 9.17) is 9.47 Å². The number of H-pyrrole nitrogens is 1. The fraction of sp³-hybridized carbons (Fsp3) is 0.188. The standard InChI is InChI=1S/C32H26N4O6S/c1-3-41-31(37)29-27(21-14-8-10-16-25(21)35-29)23(18-33)24(19-34)28-22-15-9-11-17-26(22)36(30(28)32(38)42-4-2)43(39,40)20-12-6-5-7-13-20/h5-17,23-24,35H,3-4H2,1-2H3. The first kappa shape index (κ1) is 29.1. The molecule has 0 bridgehead atoms. The first-order chi connectivity index (χ1) is 20.8. The molecule has 2 heterocycles. The number of nitriles is 2. The smallest absolute Gasteiger partial charge is 0.356 e. The molecule has 0 amide bonds. The second-order valence-electron chi connectivity index (χ2n) is 9.48. The van der Waals surface area contributed by atoms with Crippen molar-refractivity contribution < 1.29 is 27.5 Å². The third kappa shape index (κ3) is 4.90. The van der Waals surface area contributed by atoms with Crippen molar-refractivity contribution in [3.8, 4) is 12.1 Å². The first-order valence-electron chi connectivity index (χ1n) is 13.5. The fourth-order valence-corrected chi connectivity index (χ4v) is 6.90. The van der Waals surface area contributed by atoms with Crippen molar-refractivity contribution in [2.75, 3.05) is 13.2 Å². The Morgan fingerprint density at radius 1 is 0.791 bits per heavy atom. The van der Waals surface area contributed by atoms with Gasteiger partial charge in [0.2, 0.25) is 0 Å². The number of ether oxygens (including phenoxy) is 2. The van der Waals surface area contributed by atoms with E-state index in [-0.39, 0.29) is 45.8 Å². The van der Waals surface area contributed by atoms with Crippen LogP contribution >= 0.6 is 0 Å². The van der Waals surface area contributed by atoms with Crippen molar-refractivity contribution in [3.05, 3.63) is 101 Å². The molecular weight excluding hydrogens is 568 g/mol. The van der Waals surface area contributed by atoms with Gasteiger partial charge in [0.25, 0.3) is 10.0 Å². The Kier molecular flexibility index (Phi) is 8.02. The van der Waals surface area contributed by atoms with Crippen molar-refractivity contribution in [3.63, 3.8) is 0 Å². The molecule has 2 aromatic heterocycles. The lowest BCUT2D eigenvalue weighted by Crippen LogP contribution is -2.22. The molecule has 43 heavy (non-hydrogen) atoms. The second kappa shape index (κ2) is 11.8. The van der Waals surface area contributed by atoms with Gasteiger partial charge in [-0.25, -0.2) is 22.0 Å². The molecule has 2 unspecified atom stereocenters. The minimum Gasteiger partial charge on any atom is -0.461 e. The summed E-state index contributed by atoms with van der Waals surface area (Å²) in [6.07, 6.45) is 0. The number of rotatable bonds is 9. The van der Waals surface area contributed by atoms with Gasteiger partial charge in [-0.3, -0.25) is 0 Å². The number of carbonyl (C=O) groups is 2. The number of esters is 2. The minimum atomic E-state index is -4.39. The van der Waals surface area contributed by atoms with Crippen molar-refractivity contribution in [2.45, 2.75) is 30.6 Å². The molecule has 2 atom stereocenters. The van der Waals surface area contributed by atoms with E-state index in [1.807, 2.05) is 0 Å². The summed E-state index contributed by atoms with van der Waals surface area (Å²) in [4.78, 5) is 29.6. The highest BCUT2D eigenvalue weighted by atomic mass is 32.2. The zero-order chi connectivity index (χ0) is 30.7. The normalized spacial score (nSPS) is 12.7. The number of hydrogen-bond acceptors (Lipinski definition) is 8. The lowest BCUT2D eigenvalue weighted by atomic mass is 9.80. The fourth-order valence-electron chi connectivity index (χ4n) is 5.35. The number of aromatic nitrogens is 2. The zero-order valence-corrected chi connectivity index (χ0v) is 24.1. The van der Waals surface area contributed by atoms with Gasteiger partial charge in [0.05, 0.1) is 47.6 Å². The van der Waals surface area contributed by atoms with Crippen molar-refractivity contribution >= 4 is 43.8 Å². The van der Waals surface area contributed by atoms with E-state index in [2.05, 4.69) is 17.1 Å². The zero-order valence-electron chi connectivity index (χ0n) is 23.3. The summed E-state index contributed by atoms with van der Waals surface area (Å²) in [6, 6.07) is 25.2. The molecule has 5 rings (SSSR count). The van der Waals surface area contributed by atoms with Crippen LogP contribution in [-0.4, -0.2) is 42.5 Å². The maximum atomic E-state index is 14.1. The average Bonchev–Trinajstić information content (AvgIpc) is 3.58. The predicted molar refractivity (Wildman–Crippen MR) is 158 cm³/mol. The van der Waals surface area contributed by atoms with Gasteiger partial charge in [-0.05, 0) is 38.1 Å². The van der Waals surface area contributed by atoms with E-state index in [1.165, 1.54) is 18.2 Å². The number of carbonyl (C=O) groups excluding carboxylic acids is 2. The van der Waals surface area contributed by atoms with E-state index in [9.17, 15) is 28.5 Å². The van der Waals surface area contributed by atoms with Gasteiger partial charge in [-0.1, -0.05) is 54.6 Å². The first-order valence-corrected chi connectivity index (χ1v) is 14.9. The molecule has 216 valence electrons. The van der Waals surface area contributed by atoms with E-state index in [0.717, 1.165) is 3.97 Å². The van der Waals surface area contributed by atoms with Gasteiger partial charge in [-0.15, -0.1) is 0 Å². The quantitative estimate of drug-likeness (QED) is 0.215. The summed E-state index contributed by atoms with van der Waals surface area (Å²) in [5, 5.41) is 22.1. The predicted octanol–water partition coefficient (Wildman–Crippen LogP) is 5.63. The van der Waals surface area contributed by atoms with Crippen LogP contribution in [0.3, 0.4) is 0 Å². The van der Waals surface area contributed by atoms with E-state index < -0.39 is 39.5 Å². The molecule has 0 saturated carbocycles. The highest BCUT2D eigenvalue weighted by molar-refractivity contribution is 7.90. The van der Waals surface area contributed by atoms with Crippen LogP contribution in [0.1, 0.15) is 57.8 Å². The topological polar surface area (TPSA) is 155 Å². The van der Waals surface area contributed by atoms with Gasteiger partial charge < -0.3 is 14.5 Å².